The minimum absolute atomic E-state index is 0.197. The summed E-state index contributed by atoms with van der Waals surface area (Å²) in [4.78, 5) is 8.32. The number of hydrogen-bond acceptors (Lipinski definition) is 6. The van der Waals surface area contributed by atoms with E-state index in [4.69, 9.17) is 9.05 Å². The topological polar surface area (TPSA) is 77.8 Å². The quantitative estimate of drug-likeness (QED) is 0.715. The van der Waals surface area contributed by atoms with Crippen molar-refractivity contribution in [3.8, 4) is 0 Å². The molecule has 0 unspecified atom stereocenters. The second kappa shape index (κ2) is 5.68. The zero-order chi connectivity index (χ0) is 17.6. The van der Waals surface area contributed by atoms with E-state index in [-0.39, 0.29) is 23.8 Å². The largest absolute Gasteiger partial charge is 0.416 e. The van der Waals surface area contributed by atoms with E-state index in [1.165, 1.54) is 12.1 Å². The van der Waals surface area contributed by atoms with Gasteiger partial charge in [-0.1, -0.05) is 28.5 Å². The Hall–Kier alpha value is -2.71. The Morgan fingerprint density at radius 1 is 1.04 bits per heavy atom. The zero-order valence-electron chi connectivity index (χ0n) is 13.1. The first-order chi connectivity index (χ1) is 11.9. The van der Waals surface area contributed by atoms with E-state index in [0.29, 0.717) is 29.9 Å². The third-order valence-corrected chi connectivity index (χ3v) is 4.14. The summed E-state index contributed by atoms with van der Waals surface area (Å²) in [6.07, 6.45) is -3.58. The van der Waals surface area contributed by atoms with Crippen LogP contribution < -0.4 is 0 Å². The van der Waals surface area contributed by atoms with Crippen LogP contribution in [0, 0.1) is 6.92 Å². The van der Waals surface area contributed by atoms with E-state index >= 15 is 0 Å². The first-order valence-corrected chi connectivity index (χ1v) is 7.69. The molecule has 2 atom stereocenters. The minimum Gasteiger partial charge on any atom is -0.340 e. The summed E-state index contributed by atoms with van der Waals surface area (Å²) in [5.74, 6) is 1.13. The smallest absolute Gasteiger partial charge is 0.340 e. The minimum atomic E-state index is -4.37. The zero-order valence-corrected chi connectivity index (χ0v) is 13.1. The highest BCUT2D eigenvalue weighted by Crippen LogP contribution is 2.56. The molecule has 0 spiro atoms. The molecule has 4 rings (SSSR count). The number of benzene rings is 1. The van der Waals surface area contributed by atoms with E-state index in [1.54, 1.807) is 13.0 Å². The van der Waals surface area contributed by atoms with Crippen LogP contribution in [0.1, 0.15) is 52.8 Å². The summed E-state index contributed by atoms with van der Waals surface area (Å²) < 4.78 is 49.5. The van der Waals surface area contributed by atoms with Crippen molar-refractivity contribution in [1.29, 1.82) is 0 Å². The van der Waals surface area contributed by atoms with Crippen molar-refractivity contribution in [2.24, 2.45) is 0 Å². The molecule has 2 aromatic heterocycles. The van der Waals surface area contributed by atoms with Gasteiger partial charge in [-0.05, 0) is 24.0 Å². The second-order valence-corrected chi connectivity index (χ2v) is 5.99. The molecule has 1 saturated carbocycles. The lowest BCUT2D eigenvalue weighted by molar-refractivity contribution is -0.138. The Bertz CT molecular complexity index is 903. The average Bonchev–Trinajstić information content (AvgIpc) is 3.05. The first-order valence-electron chi connectivity index (χ1n) is 7.69. The van der Waals surface area contributed by atoms with Crippen molar-refractivity contribution < 1.29 is 22.2 Å². The summed E-state index contributed by atoms with van der Waals surface area (Å²) in [6, 6.07) is 5.61. The molecule has 0 aliphatic heterocycles. The molecule has 1 aromatic carbocycles. The molecule has 6 nitrogen and oxygen atoms in total. The molecule has 2 heterocycles. The van der Waals surface area contributed by atoms with E-state index in [2.05, 4.69) is 20.3 Å². The fourth-order valence-corrected chi connectivity index (χ4v) is 2.93. The van der Waals surface area contributed by atoms with Gasteiger partial charge in [-0.25, -0.2) is 0 Å². The van der Waals surface area contributed by atoms with Crippen LogP contribution in [0.3, 0.4) is 0 Å². The van der Waals surface area contributed by atoms with Crippen LogP contribution in [-0.4, -0.2) is 20.3 Å². The van der Waals surface area contributed by atoms with Crippen molar-refractivity contribution in [1.82, 2.24) is 20.3 Å². The van der Waals surface area contributed by atoms with Crippen molar-refractivity contribution in [3.05, 3.63) is 58.8 Å². The maximum Gasteiger partial charge on any atom is 0.416 e. The second-order valence-electron chi connectivity index (χ2n) is 5.99. The molecule has 0 saturated heterocycles. The van der Waals surface area contributed by atoms with Gasteiger partial charge >= 0.3 is 6.18 Å². The molecule has 9 heteroatoms. The van der Waals surface area contributed by atoms with Crippen molar-refractivity contribution in [2.75, 3.05) is 0 Å². The number of hydrogen-bond donors (Lipinski definition) is 0. The van der Waals surface area contributed by atoms with Gasteiger partial charge < -0.3 is 9.05 Å². The molecule has 0 N–H and O–H groups in total. The van der Waals surface area contributed by atoms with E-state index in [1.807, 2.05) is 0 Å². The molecule has 0 radical (unpaired) electrons. The average molecular weight is 350 g/mol. The maximum atomic E-state index is 13.1. The van der Waals surface area contributed by atoms with Crippen LogP contribution in [0.2, 0.25) is 0 Å². The lowest BCUT2D eigenvalue weighted by Gasteiger charge is -2.11. The van der Waals surface area contributed by atoms with Gasteiger partial charge in [0, 0.05) is 12.8 Å². The highest BCUT2D eigenvalue weighted by molar-refractivity contribution is 5.39. The van der Waals surface area contributed by atoms with E-state index in [0.717, 1.165) is 6.07 Å². The Labute approximate surface area is 140 Å². The molecule has 1 aliphatic carbocycles. The number of halogens is 3. The highest BCUT2D eigenvalue weighted by atomic mass is 19.4. The molecular formula is C16H13F3N4O2. The van der Waals surface area contributed by atoms with E-state index < -0.39 is 11.7 Å². The molecule has 0 bridgehead atoms. The van der Waals surface area contributed by atoms with Crippen LogP contribution in [0.15, 0.2) is 33.3 Å². The Balaban J connectivity index is 1.51. The summed E-state index contributed by atoms with van der Waals surface area (Å²) in [6.45, 7) is 1.67. The normalized spacial score (nSPS) is 20.0. The van der Waals surface area contributed by atoms with E-state index in [9.17, 15) is 13.2 Å². The Morgan fingerprint density at radius 3 is 2.48 bits per heavy atom. The van der Waals surface area contributed by atoms with Gasteiger partial charge in [0.1, 0.15) is 0 Å². The monoisotopic (exact) mass is 350 g/mol. The van der Waals surface area contributed by atoms with Gasteiger partial charge in [-0.15, -0.1) is 0 Å². The number of rotatable bonds is 4. The van der Waals surface area contributed by atoms with Gasteiger partial charge in [0.05, 0.1) is 12.0 Å². The predicted molar refractivity (Wildman–Crippen MR) is 77.7 cm³/mol. The van der Waals surface area contributed by atoms with Crippen molar-refractivity contribution >= 4 is 0 Å². The molecule has 1 aliphatic rings. The van der Waals surface area contributed by atoms with Gasteiger partial charge in [-0.2, -0.15) is 23.1 Å². The van der Waals surface area contributed by atoms with Crippen molar-refractivity contribution in [3.63, 3.8) is 0 Å². The maximum absolute atomic E-state index is 13.1. The summed E-state index contributed by atoms with van der Waals surface area (Å²) in [5, 5.41) is 7.60. The summed E-state index contributed by atoms with van der Waals surface area (Å²) >= 11 is 0. The van der Waals surface area contributed by atoms with Gasteiger partial charge in [0.15, 0.2) is 11.6 Å². The molecule has 0 amide bonds. The first kappa shape index (κ1) is 15.8. The predicted octanol–water partition coefficient (Wildman–Crippen LogP) is 3.64. The number of alkyl halides is 3. The molecular weight excluding hydrogens is 337 g/mol. The van der Waals surface area contributed by atoms with Gasteiger partial charge in [-0.3, -0.25) is 0 Å². The number of nitrogens with zero attached hydrogens (tertiary/aromatic N) is 4. The molecule has 25 heavy (non-hydrogen) atoms. The lowest BCUT2D eigenvalue weighted by atomic mass is 10.0. The number of aromatic nitrogens is 4. The van der Waals surface area contributed by atoms with Crippen LogP contribution in [0.25, 0.3) is 0 Å². The standard InChI is InChI=1S/C16H13F3N4O2/c1-8-20-13(22-24-8)7-14-21-15(25-23-14)11-6-10(11)9-4-2-3-5-12(9)16(17,18)19/h2-5,10-11H,6-7H2,1H3/t10-,11-/m1/s1. The van der Waals surface area contributed by atoms with Gasteiger partial charge in [0.25, 0.3) is 0 Å². The number of aryl methyl sites for hydroxylation is 1. The van der Waals surface area contributed by atoms with Crippen LogP contribution in [0.4, 0.5) is 13.2 Å². The SMILES string of the molecule is Cc1nc(Cc2noc([C@@H]3C[C@@H]3c3ccccc3C(F)(F)F)n2)no1. The molecule has 3 aromatic rings. The van der Waals surface area contributed by atoms with Crippen LogP contribution in [0.5, 0.6) is 0 Å². The fourth-order valence-electron chi connectivity index (χ4n) is 2.93. The summed E-state index contributed by atoms with van der Waals surface area (Å²) in [7, 11) is 0. The fraction of sp³-hybridized carbons (Fsp3) is 0.375. The van der Waals surface area contributed by atoms with Crippen LogP contribution >= 0.6 is 0 Å². The Morgan fingerprint density at radius 2 is 1.76 bits per heavy atom. The summed E-state index contributed by atoms with van der Waals surface area (Å²) in [5.41, 5.74) is -0.335. The Kier molecular flexibility index (Phi) is 3.59. The highest BCUT2D eigenvalue weighted by Gasteiger charge is 2.47. The third-order valence-electron chi connectivity index (χ3n) is 4.14. The molecule has 1 fully saturated rings. The van der Waals surface area contributed by atoms with Crippen LogP contribution in [-0.2, 0) is 12.6 Å². The third kappa shape index (κ3) is 3.13. The van der Waals surface area contributed by atoms with Gasteiger partial charge in [0.2, 0.25) is 11.8 Å². The lowest BCUT2D eigenvalue weighted by Crippen LogP contribution is -2.08. The van der Waals surface area contributed by atoms with Crippen molar-refractivity contribution in [2.45, 2.75) is 37.8 Å². The molecule has 130 valence electrons.